The van der Waals surface area contributed by atoms with E-state index in [1.807, 2.05) is 0 Å². The normalized spacial score (nSPS) is 16.8. The van der Waals surface area contributed by atoms with Crippen LogP contribution in [0.1, 0.15) is 56.9 Å². The number of hydrogen-bond donors (Lipinski definition) is 1. The zero-order valence-corrected chi connectivity index (χ0v) is 15.3. The van der Waals surface area contributed by atoms with E-state index in [1.54, 1.807) is 37.8 Å². The van der Waals surface area contributed by atoms with Crippen LogP contribution in [0.15, 0.2) is 24.3 Å². The predicted molar refractivity (Wildman–Crippen MR) is 95.9 cm³/mol. The van der Waals surface area contributed by atoms with E-state index in [0.29, 0.717) is 35.6 Å². The van der Waals surface area contributed by atoms with Crippen LogP contribution in [0.25, 0.3) is 0 Å². The zero-order chi connectivity index (χ0) is 18.8. The van der Waals surface area contributed by atoms with Crippen molar-refractivity contribution in [2.45, 2.75) is 33.1 Å². The molecule has 0 radical (unpaired) electrons. The maximum Gasteiger partial charge on any atom is 0.340 e. The van der Waals surface area contributed by atoms with E-state index < -0.39 is 5.97 Å². The average molecular weight is 358 g/mol. The van der Waals surface area contributed by atoms with E-state index in [9.17, 15) is 14.0 Å². The number of nitrogens with zero attached hydrogens (tertiary/aromatic N) is 1. The smallest absolute Gasteiger partial charge is 0.340 e. The molecule has 0 unspecified atom stereocenters. The lowest BCUT2D eigenvalue weighted by atomic mass is 9.99. The van der Waals surface area contributed by atoms with E-state index in [-0.39, 0.29) is 24.2 Å². The summed E-state index contributed by atoms with van der Waals surface area (Å²) in [7, 11) is 0. The number of hydrogen-bond acceptors (Lipinski definition) is 3. The van der Waals surface area contributed by atoms with Crippen LogP contribution in [0.2, 0.25) is 0 Å². The molecule has 1 amide bonds. The van der Waals surface area contributed by atoms with Crippen molar-refractivity contribution in [3.05, 3.63) is 58.2 Å². The molecule has 1 N–H and O–H groups in total. The van der Waals surface area contributed by atoms with Crippen molar-refractivity contribution < 1.29 is 18.7 Å². The average Bonchev–Trinajstić information content (AvgIpc) is 3.20. The second-order valence-electron chi connectivity index (χ2n) is 6.63. The molecule has 0 spiro atoms. The first-order chi connectivity index (χ1) is 12.4. The van der Waals surface area contributed by atoms with Crippen LogP contribution in [0.5, 0.6) is 0 Å². The SMILES string of the molecule is CCOC(=O)c1c(C)[nH]c(C(=O)N2CC[C@@H](c3ccc(F)cc3)C2)c1C. The number of ether oxygens (including phenoxy) is 1. The molecule has 0 aliphatic carbocycles. The zero-order valence-electron chi connectivity index (χ0n) is 15.3. The molecule has 0 saturated carbocycles. The molecular formula is C20H23FN2O3. The number of likely N-dealkylation sites (tertiary alicyclic amines) is 1. The summed E-state index contributed by atoms with van der Waals surface area (Å²) in [5.41, 5.74) is 3.16. The highest BCUT2D eigenvalue weighted by Crippen LogP contribution is 2.29. The van der Waals surface area contributed by atoms with Crippen LogP contribution >= 0.6 is 0 Å². The molecule has 1 fully saturated rings. The van der Waals surface area contributed by atoms with Gasteiger partial charge >= 0.3 is 5.97 Å². The molecule has 3 rings (SSSR count). The van der Waals surface area contributed by atoms with Crippen LogP contribution in [-0.4, -0.2) is 41.5 Å². The number of carbonyl (C=O) groups is 2. The van der Waals surface area contributed by atoms with Crippen molar-refractivity contribution in [1.29, 1.82) is 0 Å². The first-order valence-electron chi connectivity index (χ1n) is 8.83. The van der Waals surface area contributed by atoms with Gasteiger partial charge in [0.2, 0.25) is 0 Å². The summed E-state index contributed by atoms with van der Waals surface area (Å²) in [6.45, 7) is 6.78. The Hall–Kier alpha value is -2.63. The molecule has 6 heteroatoms. The molecule has 2 heterocycles. The van der Waals surface area contributed by atoms with Gasteiger partial charge in [-0.3, -0.25) is 4.79 Å². The summed E-state index contributed by atoms with van der Waals surface area (Å²) in [5.74, 6) is -0.599. The fraction of sp³-hybridized carbons (Fsp3) is 0.400. The fourth-order valence-corrected chi connectivity index (χ4v) is 3.58. The van der Waals surface area contributed by atoms with Gasteiger partial charge in [0.05, 0.1) is 12.2 Å². The summed E-state index contributed by atoms with van der Waals surface area (Å²) in [6.07, 6.45) is 0.834. The topological polar surface area (TPSA) is 62.4 Å². The van der Waals surface area contributed by atoms with Gasteiger partial charge < -0.3 is 14.6 Å². The Morgan fingerprint density at radius 1 is 1.27 bits per heavy atom. The lowest BCUT2D eigenvalue weighted by Gasteiger charge is -2.16. The first-order valence-corrected chi connectivity index (χ1v) is 8.83. The van der Waals surface area contributed by atoms with E-state index in [1.165, 1.54) is 12.1 Å². The van der Waals surface area contributed by atoms with E-state index in [0.717, 1.165) is 12.0 Å². The van der Waals surface area contributed by atoms with Crippen LogP contribution in [-0.2, 0) is 4.74 Å². The third-order valence-electron chi connectivity index (χ3n) is 4.95. The third kappa shape index (κ3) is 3.36. The number of carbonyl (C=O) groups excluding carboxylic acids is 2. The van der Waals surface area contributed by atoms with Gasteiger partial charge in [0.15, 0.2) is 0 Å². The molecule has 1 aromatic heterocycles. The predicted octanol–water partition coefficient (Wildman–Crippen LogP) is 3.58. The van der Waals surface area contributed by atoms with Gasteiger partial charge in [-0.15, -0.1) is 0 Å². The summed E-state index contributed by atoms with van der Waals surface area (Å²) in [5, 5.41) is 0. The molecule has 1 aromatic carbocycles. The van der Waals surface area contributed by atoms with Crippen molar-refractivity contribution in [2.24, 2.45) is 0 Å². The largest absolute Gasteiger partial charge is 0.462 e. The van der Waals surface area contributed by atoms with E-state index in [4.69, 9.17) is 4.74 Å². The Labute approximate surface area is 152 Å². The first kappa shape index (κ1) is 18.2. The fourth-order valence-electron chi connectivity index (χ4n) is 3.58. The summed E-state index contributed by atoms with van der Waals surface area (Å²) < 4.78 is 18.2. The lowest BCUT2D eigenvalue weighted by Crippen LogP contribution is -2.29. The van der Waals surface area contributed by atoms with E-state index in [2.05, 4.69) is 4.98 Å². The summed E-state index contributed by atoms with van der Waals surface area (Å²) >= 11 is 0. The molecule has 1 aliphatic rings. The number of aryl methyl sites for hydroxylation is 1. The number of aromatic amines is 1. The van der Waals surface area contributed by atoms with Crippen LogP contribution < -0.4 is 0 Å². The highest BCUT2D eigenvalue weighted by atomic mass is 19.1. The van der Waals surface area contributed by atoms with Crippen molar-refractivity contribution in [1.82, 2.24) is 9.88 Å². The lowest BCUT2D eigenvalue weighted by molar-refractivity contribution is 0.0525. The highest BCUT2D eigenvalue weighted by Gasteiger charge is 2.31. The minimum absolute atomic E-state index is 0.120. The van der Waals surface area contributed by atoms with Crippen molar-refractivity contribution in [2.75, 3.05) is 19.7 Å². The number of H-pyrrole nitrogens is 1. The van der Waals surface area contributed by atoms with Gasteiger partial charge in [-0.1, -0.05) is 12.1 Å². The number of halogens is 1. The van der Waals surface area contributed by atoms with Gasteiger partial charge in [-0.25, -0.2) is 9.18 Å². The Morgan fingerprint density at radius 2 is 1.96 bits per heavy atom. The number of esters is 1. The summed E-state index contributed by atoms with van der Waals surface area (Å²) in [6, 6.07) is 6.45. The molecule has 1 aliphatic heterocycles. The summed E-state index contributed by atoms with van der Waals surface area (Å²) in [4.78, 5) is 29.9. The maximum atomic E-state index is 13.1. The van der Waals surface area contributed by atoms with Gasteiger partial charge in [-0.05, 0) is 50.5 Å². The molecular weight excluding hydrogens is 335 g/mol. The van der Waals surface area contributed by atoms with E-state index >= 15 is 0 Å². The van der Waals surface area contributed by atoms with Gasteiger partial charge in [0.25, 0.3) is 5.91 Å². The van der Waals surface area contributed by atoms with Crippen molar-refractivity contribution in [3.63, 3.8) is 0 Å². The second-order valence-corrected chi connectivity index (χ2v) is 6.63. The van der Waals surface area contributed by atoms with Crippen molar-refractivity contribution in [3.8, 4) is 0 Å². The molecule has 138 valence electrons. The molecule has 1 saturated heterocycles. The molecule has 0 bridgehead atoms. The van der Waals surface area contributed by atoms with Crippen LogP contribution in [0.4, 0.5) is 4.39 Å². The number of benzene rings is 1. The molecule has 1 atom stereocenters. The second kappa shape index (κ2) is 7.32. The standard InChI is InChI=1S/C20H23FN2O3/c1-4-26-20(25)17-12(2)18(22-13(17)3)19(24)23-10-9-15(11-23)14-5-7-16(21)8-6-14/h5-8,15,22H,4,9-11H2,1-3H3/t15-/m1/s1. The Morgan fingerprint density at radius 3 is 2.62 bits per heavy atom. The number of amides is 1. The Bertz CT molecular complexity index is 826. The quantitative estimate of drug-likeness (QED) is 0.850. The molecule has 26 heavy (non-hydrogen) atoms. The highest BCUT2D eigenvalue weighted by molar-refractivity contribution is 6.00. The maximum absolute atomic E-state index is 13.1. The monoisotopic (exact) mass is 358 g/mol. The minimum atomic E-state index is -0.414. The minimum Gasteiger partial charge on any atom is -0.462 e. The molecule has 2 aromatic rings. The van der Waals surface area contributed by atoms with Gasteiger partial charge in [0, 0.05) is 24.7 Å². The number of nitrogens with one attached hydrogen (secondary N) is 1. The number of rotatable bonds is 4. The van der Waals surface area contributed by atoms with Gasteiger partial charge in [0.1, 0.15) is 11.5 Å². The van der Waals surface area contributed by atoms with Crippen molar-refractivity contribution >= 4 is 11.9 Å². The number of aromatic nitrogens is 1. The van der Waals surface area contributed by atoms with Crippen LogP contribution in [0, 0.1) is 19.7 Å². The Kier molecular flexibility index (Phi) is 5.11. The molecule has 5 nitrogen and oxygen atoms in total. The van der Waals surface area contributed by atoms with Crippen LogP contribution in [0.3, 0.4) is 0 Å². The van der Waals surface area contributed by atoms with Gasteiger partial charge in [-0.2, -0.15) is 0 Å². The third-order valence-corrected chi connectivity index (χ3v) is 4.95. The Balaban J connectivity index is 1.77.